The molecule has 2 aromatic rings. The van der Waals surface area contributed by atoms with Crippen LogP contribution in [0.2, 0.25) is 0 Å². The van der Waals surface area contributed by atoms with E-state index in [1.807, 2.05) is 13.8 Å². The maximum atomic E-state index is 12.6. The van der Waals surface area contributed by atoms with Gasteiger partial charge in [0, 0.05) is 29.7 Å². The van der Waals surface area contributed by atoms with E-state index in [9.17, 15) is 9.59 Å². The summed E-state index contributed by atoms with van der Waals surface area (Å²) in [7, 11) is 0. The molecule has 0 bridgehead atoms. The summed E-state index contributed by atoms with van der Waals surface area (Å²) in [6.45, 7) is 4.32. The summed E-state index contributed by atoms with van der Waals surface area (Å²) in [5, 5.41) is 8.81. The lowest BCUT2D eigenvalue weighted by atomic mass is 9.83. The molecule has 1 N–H and O–H groups in total. The highest BCUT2D eigenvalue weighted by atomic mass is 16.5. The molecule has 4 nitrogen and oxygen atoms in total. The number of fused-ring (bicyclic) bond motifs is 2. The van der Waals surface area contributed by atoms with Crippen LogP contribution < -0.4 is 4.74 Å². The van der Waals surface area contributed by atoms with Gasteiger partial charge in [0.25, 0.3) is 0 Å². The summed E-state index contributed by atoms with van der Waals surface area (Å²) in [5.74, 6) is 0.0430. The van der Waals surface area contributed by atoms with Gasteiger partial charge in [0.1, 0.15) is 5.75 Å². The van der Waals surface area contributed by atoms with Crippen molar-refractivity contribution in [1.29, 1.82) is 0 Å². The molecule has 0 spiro atoms. The number of benzene rings is 2. The van der Waals surface area contributed by atoms with Crippen molar-refractivity contribution in [3.63, 3.8) is 0 Å². The van der Waals surface area contributed by atoms with Crippen LogP contribution in [0.5, 0.6) is 5.75 Å². The third-order valence-corrected chi connectivity index (χ3v) is 3.47. The van der Waals surface area contributed by atoms with E-state index >= 15 is 0 Å². The Hall–Kier alpha value is -2.46. The molecule has 0 saturated heterocycles. The number of carbonyl (C=O) groups is 2. The molecule has 2 aromatic carbocycles. The Morgan fingerprint density at radius 2 is 1.48 bits per heavy atom. The molecule has 0 amide bonds. The van der Waals surface area contributed by atoms with E-state index < -0.39 is 0 Å². The van der Waals surface area contributed by atoms with Gasteiger partial charge in [-0.3, -0.25) is 9.59 Å². The second kappa shape index (κ2) is 7.70. The fourth-order valence-corrected chi connectivity index (χ4v) is 2.48. The second-order valence-electron chi connectivity index (χ2n) is 4.81. The van der Waals surface area contributed by atoms with Crippen LogP contribution in [0.4, 0.5) is 0 Å². The number of carbonyl (C=O) groups excluding carboxylic acids is 2. The average Bonchev–Trinajstić information content (AvgIpc) is 2.61. The van der Waals surface area contributed by atoms with E-state index in [0.29, 0.717) is 41.0 Å². The van der Waals surface area contributed by atoms with Gasteiger partial charge in [0.15, 0.2) is 11.6 Å². The van der Waals surface area contributed by atoms with Crippen LogP contribution in [0.1, 0.15) is 52.1 Å². The van der Waals surface area contributed by atoms with Gasteiger partial charge < -0.3 is 9.84 Å². The van der Waals surface area contributed by atoms with E-state index in [-0.39, 0.29) is 18.2 Å². The van der Waals surface area contributed by atoms with Gasteiger partial charge in [0.05, 0.1) is 12.2 Å². The van der Waals surface area contributed by atoms with Crippen LogP contribution in [0, 0.1) is 0 Å². The van der Waals surface area contributed by atoms with Gasteiger partial charge in [0.2, 0.25) is 0 Å². The quantitative estimate of drug-likeness (QED) is 0.751. The smallest absolute Gasteiger partial charge is 0.198 e. The van der Waals surface area contributed by atoms with E-state index in [1.54, 1.807) is 42.5 Å². The molecule has 0 heterocycles. The van der Waals surface area contributed by atoms with E-state index in [1.165, 1.54) is 0 Å². The topological polar surface area (TPSA) is 63.6 Å². The predicted molar refractivity (Wildman–Crippen MR) is 88.3 cm³/mol. The first-order valence-electron chi connectivity index (χ1n) is 7.79. The van der Waals surface area contributed by atoms with Crippen molar-refractivity contribution in [3.8, 4) is 5.75 Å². The summed E-state index contributed by atoms with van der Waals surface area (Å²) < 4.78 is 5.55. The number of rotatable bonds is 4. The molecule has 1 aliphatic carbocycles. The monoisotopic (exact) mass is 312 g/mol. The number of hydrogen-bond acceptors (Lipinski definition) is 4. The van der Waals surface area contributed by atoms with Crippen molar-refractivity contribution in [2.24, 2.45) is 0 Å². The second-order valence-corrected chi connectivity index (χ2v) is 4.81. The molecule has 120 valence electrons. The van der Waals surface area contributed by atoms with Gasteiger partial charge in [-0.2, -0.15) is 0 Å². The number of hydrogen-bond donors (Lipinski definition) is 1. The van der Waals surface area contributed by atoms with Gasteiger partial charge in [-0.05, 0) is 6.07 Å². The van der Waals surface area contributed by atoms with Crippen molar-refractivity contribution in [2.45, 2.75) is 20.3 Å². The Kier molecular flexibility index (Phi) is 5.66. The lowest BCUT2D eigenvalue weighted by molar-refractivity contribution is 0.0975. The first kappa shape index (κ1) is 16.9. The zero-order chi connectivity index (χ0) is 16.8. The van der Waals surface area contributed by atoms with Crippen LogP contribution >= 0.6 is 0 Å². The number of aliphatic hydroxyl groups is 1. The number of ether oxygens (including phenoxy) is 1. The highest BCUT2D eigenvalue weighted by Gasteiger charge is 2.31. The average molecular weight is 312 g/mol. The van der Waals surface area contributed by atoms with Crippen LogP contribution in [0.25, 0.3) is 0 Å². The van der Waals surface area contributed by atoms with Crippen LogP contribution in [-0.4, -0.2) is 29.9 Å². The van der Waals surface area contributed by atoms with Crippen molar-refractivity contribution in [2.75, 3.05) is 13.2 Å². The van der Waals surface area contributed by atoms with Crippen molar-refractivity contribution in [1.82, 2.24) is 0 Å². The Morgan fingerprint density at radius 1 is 0.870 bits per heavy atom. The van der Waals surface area contributed by atoms with Gasteiger partial charge in [-0.15, -0.1) is 0 Å². The highest BCUT2D eigenvalue weighted by molar-refractivity contribution is 6.29. The molecule has 1 aliphatic rings. The summed E-state index contributed by atoms with van der Waals surface area (Å²) >= 11 is 0. The first-order valence-corrected chi connectivity index (χ1v) is 7.79. The van der Waals surface area contributed by atoms with Gasteiger partial charge in [-0.25, -0.2) is 0 Å². The minimum absolute atomic E-state index is 0.0186. The van der Waals surface area contributed by atoms with E-state index in [0.717, 1.165) is 0 Å². The third kappa shape index (κ3) is 3.17. The normalized spacial score (nSPS) is 12.0. The zero-order valence-electron chi connectivity index (χ0n) is 13.3. The summed E-state index contributed by atoms with van der Waals surface area (Å²) in [4.78, 5) is 25.1. The summed E-state index contributed by atoms with van der Waals surface area (Å²) in [6.07, 6.45) is 0.475. The fourth-order valence-electron chi connectivity index (χ4n) is 2.48. The zero-order valence-corrected chi connectivity index (χ0v) is 13.3. The van der Waals surface area contributed by atoms with Crippen LogP contribution in [-0.2, 0) is 0 Å². The molecule has 0 fully saturated rings. The Labute approximate surface area is 135 Å². The molecular formula is C19H20O4. The van der Waals surface area contributed by atoms with Crippen molar-refractivity contribution < 1.29 is 19.4 Å². The van der Waals surface area contributed by atoms with E-state index in [2.05, 4.69) is 0 Å². The van der Waals surface area contributed by atoms with E-state index in [4.69, 9.17) is 9.84 Å². The SMILES string of the molecule is CC.O=C1c2ccccc2C(=O)c2c(OCCCO)cccc21. The number of ketones is 2. The molecule has 0 unspecified atom stereocenters. The lowest BCUT2D eigenvalue weighted by Gasteiger charge is -2.20. The lowest BCUT2D eigenvalue weighted by Crippen LogP contribution is -2.21. The molecule has 3 rings (SSSR count). The predicted octanol–water partition coefficient (Wildman–Crippen LogP) is 3.25. The molecule has 0 aromatic heterocycles. The van der Waals surface area contributed by atoms with Crippen molar-refractivity contribution >= 4 is 11.6 Å². The maximum Gasteiger partial charge on any atom is 0.198 e. The van der Waals surface area contributed by atoms with Gasteiger partial charge in [-0.1, -0.05) is 50.2 Å². The largest absolute Gasteiger partial charge is 0.493 e. The molecule has 23 heavy (non-hydrogen) atoms. The minimum atomic E-state index is -0.195. The minimum Gasteiger partial charge on any atom is -0.493 e. The number of aliphatic hydroxyl groups excluding tert-OH is 1. The summed E-state index contributed by atoms with van der Waals surface area (Å²) in [6, 6.07) is 11.8. The standard InChI is InChI=1S/C17H14O4.C2H6/c18-9-4-10-21-14-8-3-7-13-15(14)17(20)12-6-2-1-5-11(12)16(13)19;1-2/h1-3,5-8,18H,4,9-10H2;1-2H3. The first-order chi connectivity index (χ1) is 11.2. The molecule has 0 atom stereocenters. The molecule has 4 heteroatoms. The molecule has 0 aliphatic heterocycles. The molecule has 0 saturated carbocycles. The Bertz CT molecular complexity index is 719. The summed E-state index contributed by atoms with van der Waals surface area (Å²) in [5.41, 5.74) is 1.54. The van der Waals surface area contributed by atoms with Crippen molar-refractivity contribution in [3.05, 3.63) is 64.7 Å². The molecular weight excluding hydrogens is 292 g/mol. The van der Waals surface area contributed by atoms with Crippen LogP contribution in [0.15, 0.2) is 42.5 Å². The van der Waals surface area contributed by atoms with Crippen LogP contribution in [0.3, 0.4) is 0 Å². The third-order valence-electron chi connectivity index (χ3n) is 3.47. The highest BCUT2D eigenvalue weighted by Crippen LogP contribution is 2.33. The molecule has 0 radical (unpaired) electrons. The van der Waals surface area contributed by atoms with Gasteiger partial charge >= 0.3 is 0 Å². The maximum absolute atomic E-state index is 12.6. The Morgan fingerprint density at radius 3 is 2.13 bits per heavy atom. The Balaban J connectivity index is 0.000000924. The fraction of sp³-hybridized carbons (Fsp3) is 0.263.